The molecule has 0 bridgehead atoms. The Hall–Kier alpha value is -2.89. The van der Waals surface area contributed by atoms with Crippen LogP contribution in [0, 0.1) is 6.92 Å². The molecule has 3 rings (SSSR count). The summed E-state index contributed by atoms with van der Waals surface area (Å²) in [4.78, 5) is 16.4. The minimum Gasteiger partial charge on any atom is -0.493 e. The Balaban J connectivity index is 1.80. The molecule has 0 radical (unpaired) electrons. The van der Waals surface area contributed by atoms with Gasteiger partial charge in [-0.15, -0.1) is 0 Å². The number of nitrogens with zero attached hydrogens (tertiary/aromatic N) is 2. The van der Waals surface area contributed by atoms with Gasteiger partial charge in [0, 0.05) is 11.6 Å². The lowest BCUT2D eigenvalue weighted by Crippen LogP contribution is -2.15. The van der Waals surface area contributed by atoms with Gasteiger partial charge in [-0.25, -0.2) is 0 Å². The molecule has 0 aliphatic rings. The number of pyridine rings is 1. The molecule has 0 unspecified atom stereocenters. The zero-order valence-electron chi connectivity index (χ0n) is 12.3. The van der Waals surface area contributed by atoms with Gasteiger partial charge in [-0.2, -0.15) is 0 Å². The fourth-order valence-electron chi connectivity index (χ4n) is 2.32. The number of nitrogens with one attached hydrogen (secondary N) is 1. The van der Waals surface area contributed by atoms with Crippen molar-refractivity contribution in [3.8, 4) is 5.75 Å². The number of para-hydroxylation sites is 1. The van der Waals surface area contributed by atoms with Crippen LogP contribution in [0.1, 0.15) is 11.4 Å². The Morgan fingerprint density at radius 2 is 2.14 bits per heavy atom. The van der Waals surface area contributed by atoms with Crippen LogP contribution in [0.5, 0.6) is 5.75 Å². The number of fused-ring (bicyclic) bond motifs is 1. The van der Waals surface area contributed by atoms with E-state index in [-0.39, 0.29) is 12.3 Å². The Labute approximate surface area is 127 Å². The van der Waals surface area contributed by atoms with E-state index in [1.807, 2.05) is 31.2 Å². The van der Waals surface area contributed by atoms with Crippen molar-refractivity contribution < 1.29 is 14.1 Å². The van der Waals surface area contributed by atoms with E-state index < -0.39 is 0 Å². The lowest BCUT2D eigenvalue weighted by atomic mass is 10.1. The first-order valence-electron chi connectivity index (χ1n) is 6.82. The van der Waals surface area contributed by atoms with Gasteiger partial charge in [0.1, 0.15) is 5.69 Å². The van der Waals surface area contributed by atoms with E-state index >= 15 is 0 Å². The fourth-order valence-corrected chi connectivity index (χ4v) is 2.32. The maximum absolute atomic E-state index is 12.2. The summed E-state index contributed by atoms with van der Waals surface area (Å²) in [5.74, 6) is 0.365. The predicted molar refractivity (Wildman–Crippen MR) is 81.9 cm³/mol. The molecule has 6 nitrogen and oxygen atoms in total. The number of hydrogen-bond acceptors (Lipinski definition) is 5. The highest BCUT2D eigenvalue weighted by atomic mass is 16.5. The average Bonchev–Trinajstić information content (AvgIpc) is 2.91. The summed E-state index contributed by atoms with van der Waals surface area (Å²) < 4.78 is 10.5. The zero-order valence-corrected chi connectivity index (χ0v) is 12.3. The largest absolute Gasteiger partial charge is 0.493 e. The summed E-state index contributed by atoms with van der Waals surface area (Å²) in [6.45, 7) is 1.82. The normalized spacial score (nSPS) is 10.6. The minimum absolute atomic E-state index is 0.127. The summed E-state index contributed by atoms with van der Waals surface area (Å²) in [7, 11) is 1.55. The van der Waals surface area contributed by atoms with Crippen molar-refractivity contribution in [1.29, 1.82) is 0 Å². The Morgan fingerprint density at radius 3 is 2.95 bits per heavy atom. The van der Waals surface area contributed by atoms with Crippen molar-refractivity contribution in [1.82, 2.24) is 10.1 Å². The quantitative estimate of drug-likeness (QED) is 0.801. The van der Waals surface area contributed by atoms with Crippen LogP contribution in [0.2, 0.25) is 0 Å². The third-order valence-electron chi connectivity index (χ3n) is 3.34. The number of aryl methyl sites for hydroxylation is 1. The number of benzene rings is 1. The van der Waals surface area contributed by atoms with Crippen LogP contribution in [-0.4, -0.2) is 23.2 Å². The lowest BCUT2D eigenvalue weighted by molar-refractivity contribution is -0.115. The topological polar surface area (TPSA) is 77.2 Å². The molecule has 0 aliphatic heterocycles. The van der Waals surface area contributed by atoms with Crippen LogP contribution < -0.4 is 10.1 Å². The third-order valence-corrected chi connectivity index (χ3v) is 3.34. The highest BCUT2D eigenvalue weighted by molar-refractivity contribution is 5.95. The number of ether oxygens (including phenoxy) is 1. The van der Waals surface area contributed by atoms with Crippen LogP contribution >= 0.6 is 0 Å². The van der Waals surface area contributed by atoms with E-state index in [1.165, 1.54) is 0 Å². The molecule has 22 heavy (non-hydrogen) atoms. The van der Waals surface area contributed by atoms with Gasteiger partial charge in [-0.05, 0) is 25.1 Å². The van der Waals surface area contributed by atoms with E-state index in [9.17, 15) is 4.79 Å². The van der Waals surface area contributed by atoms with Gasteiger partial charge in [-0.3, -0.25) is 9.78 Å². The van der Waals surface area contributed by atoms with Gasteiger partial charge in [0.25, 0.3) is 0 Å². The van der Waals surface area contributed by atoms with E-state index in [2.05, 4.69) is 15.5 Å². The Morgan fingerprint density at radius 1 is 1.32 bits per heavy atom. The molecule has 3 aromatic rings. The van der Waals surface area contributed by atoms with Gasteiger partial charge in [0.05, 0.1) is 24.9 Å². The third kappa shape index (κ3) is 2.63. The van der Waals surface area contributed by atoms with Crippen LogP contribution in [0.3, 0.4) is 0 Å². The molecule has 2 heterocycles. The predicted octanol–water partition coefficient (Wildman–Crippen LogP) is 2.72. The molecule has 6 heteroatoms. The van der Waals surface area contributed by atoms with E-state index in [4.69, 9.17) is 9.26 Å². The summed E-state index contributed by atoms with van der Waals surface area (Å²) in [6, 6.07) is 9.15. The number of anilines is 1. The SMILES string of the molecule is COc1c(NC(=O)Cc2noc3ccccc23)ccnc1C. The van der Waals surface area contributed by atoms with Crippen molar-refractivity contribution in [3.05, 3.63) is 47.9 Å². The molecule has 0 fully saturated rings. The number of carbonyl (C=O) groups is 1. The van der Waals surface area contributed by atoms with Crippen molar-refractivity contribution in [2.45, 2.75) is 13.3 Å². The number of amides is 1. The summed E-state index contributed by atoms with van der Waals surface area (Å²) >= 11 is 0. The number of rotatable bonds is 4. The van der Waals surface area contributed by atoms with Crippen molar-refractivity contribution in [2.75, 3.05) is 12.4 Å². The summed E-state index contributed by atoms with van der Waals surface area (Å²) in [6.07, 6.45) is 1.75. The van der Waals surface area contributed by atoms with Gasteiger partial charge >= 0.3 is 0 Å². The molecular formula is C16H15N3O3. The number of carbonyl (C=O) groups excluding carboxylic acids is 1. The van der Waals surface area contributed by atoms with Crippen LogP contribution in [0.4, 0.5) is 5.69 Å². The molecule has 0 aliphatic carbocycles. The molecule has 1 amide bonds. The molecule has 2 aromatic heterocycles. The van der Waals surface area contributed by atoms with Gasteiger partial charge in [0.15, 0.2) is 11.3 Å². The maximum atomic E-state index is 12.2. The molecular weight excluding hydrogens is 282 g/mol. The van der Waals surface area contributed by atoms with E-state index in [0.717, 1.165) is 5.39 Å². The van der Waals surface area contributed by atoms with E-state index in [0.29, 0.717) is 28.4 Å². The van der Waals surface area contributed by atoms with Crippen LogP contribution in [-0.2, 0) is 11.2 Å². The molecule has 0 saturated heterocycles. The maximum Gasteiger partial charge on any atom is 0.230 e. The highest BCUT2D eigenvalue weighted by Gasteiger charge is 2.14. The monoisotopic (exact) mass is 297 g/mol. The fraction of sp³-hybridized carbons (Fsp3) is 0.188. The highest BCUT2D eigenvalue weighted by Crippen LogP contribution is 2.26. The first-order valence-corrected chi connectivity index (χ1v) is 6.82. The van der Waals surface area contributed by atoms with Crippen molar-refractivity contribution in [3.63, 3.8) is 0 Å². The number of methoxy groups -OCH3 is 1. The van der Waals surface area contributed by atoms with Crippen LogP contribution in [0.15, 0.2) is 41.1 Å². The smallest absolute Gasteiger partial charge is 0.230 e. The summed E-state index contributed by atoms with van der Waals surface area (Å²) in [5.41, 5.74) is 2.58. The first-order chi connectivity index (χ1) is 10.7. The summed E-state index contributed by atoms with van der Waals surface area (Å²) in [5, 5.41) is 7.62. The van der Waals surface area contributed by atoms with E-state index in [1.54, 1.807) is 19.4 Å². The Bertz CT molecular complexity index is 826. The first kappa shape index (κ1) is 14.1. The number of aromatic nitrogens is 2. The molecule has 112 valence electrons. The minimum atomic E-state index is -0.192. The second-order valence-electron chi connectivity index (χ2n) is 4.83. The van der Waals surface area contributed by atoms with Crippen molar-refractivity contribution >= 4 is 22.6 Å². The molecule has 1 aromatic carbocycles. The zero-order chi connectivity index (χ0) is 15.5. The van der Waals surface area contributed by atoms with Gasteiger partial charge < -0.3 is 14.6 Å². The molecule has 0 saturated carbocycles. The second-order valence-corrected chi connectivity index (χ2v) is 4.83. The number of hydrogen-bond donors (Lipinski definition) is 1. The standard InChI is InChI=1S/C16H15N3O3/c1-10-16(21-2)12(7-8-17-10)18-15(20)9-13-11-5-3-4-6-14(11)22-19-13/h3-8H,9H2,1-2H3,(H,17,18,20). The second kappa shape index (κ2) is 5.85. The lowest BCUT2D eigenvalue weighted by Gasteiger charge is -2.11. The van der Waals surface area contributed by atoms with Gasteiger partial charge in [0.2, 0.25) is 5.91 Å². The molecule has 1 N–H and O–H groups in total. The Kier molecular flexibility index (Phi) is 3.74. The average molecular weight is 297 g/mol. The van der Waals surface area contributed by atoms with Gasteiger partial charge in [-0.1, -0.05) is 17.3 Å². The molecule has 0 spiro atoms. The van der Waals surface area contributed by atoms with Crippen molar-refractivity contribution in [2.24, 2.45) is 0 Å². The van der Waals surface area contributed by atoms with Crippen LogP contribution in [0.25, 0.3) is 11.0 Å². The molecule has 0 atom stereocenters.